The van der Waals surface area contributed by atoms with Crippen LogP contribution in [0.4, 0.5) is 10.1 Å². The smallest absolute Gasteiger partial charge is 0.317 e. The number of nitrogens with zero attached hydrogens (tertiary/aromatic N) is 1. The molecule has 3 atom stereocenters. The van der Waals surface area contributed by atoms with Crippen molar-refractivity contribution in [1.29, 1.82) is 0 Å². The maximum Gasteiger partial charge on any atom is 0.317 e. The van der Waals surface area contributed by atoms with Crippen molar-refractivity contribution in [1.82, 2.24) is 5.32 Å². The molecule has 4 rings (SSSR count). The Balaban J connectivity index is 1.92. The van der Waals surface area contributed by atoms with Gasteiger partial charge in [-0.1, -0.05) is 18.2 Å². The van der Waals surface area contributed by atoms with E-state index in [1.54, 1.807) is 44.1 Å². The molecule has 0 spiro atoms. The van der Waals surface area contributed by atoms with Gasteiger partial charge in [0.2, 0.25) is 5.72 Å². The van der Waals surface area contributed by atoms with Crippen molar-refractivity contribution in [2.24, 2.45) is 5.92 Å². The molecule has 0 saturated carbocycles. The third-order valence-electron chi connectivity index (χ3n) is 5.32. The van der Waals surface area contributed by atoms with E-state index in [1.165, 1.54) is 12.1 Å². The van der Waals surface area contributed by atoms with Crippen LogP contribution in [0.25, 0.3) is 0 Å². The molecule has 8 heteroatoms. The van der Waals surface area contributed by atoms with E-state index >= 15 is 0 Å². The number of halogens is 1. The number of carbonyl (C=O) groups is 1. The van der Waals surface area contributed by atoms with Crippen molar-refractivity contribution in [3.05, 3.63) is 53.8 Å². The molecule has 0 radical (unpaired) electrons. The maximum atomic E-state index is 14.0. The summed E-state index contributed by atoms with van der Waals surface area (Å²) in [5.41, 5.74) is -0.0356. The number of para-hydroxylation sites is 1. The van der Waals surface area contributed by atoms with Gasteiger partial charge in [0.05, 0.1) is 19.8 Å². The molecule has 1 saturated heterocycles. The number of nitrogens with one attached hydrogen (secondary N) is 1. The van der Waals surface area contributed by atoms with Crippen LogP contribution in [0.3, 0.4) is 0 Å². The summed E-state index contributed by atoms with van der Waals surface area (Å²) in [5, 5.41) is 3.57. The van der Waals surface area contributed by atoms with Gasteiger partial charge in [-0.25, -0.2) is 4.39 Å². The second-order valence-electron chi connectivity index (χ2n) is 7.01. The summed E-state index contributed by atoms with van der Waals surface area (Å²) in [6.07, 6.45) is 0. The van der Waals surface area contributed by atoms with Crippen molar-refractivity contribution in [2.45, 2.75) is 25.6 Å². The van der Waals surface area contributed by atoms with Crippen LogP contribution in [-0.2, 0) is 9.53 Å². The number of carbonyl (C=O) groups excluding carboxylic acids is 1. The van der Waals surface area contributed by atoms with E-state index in [-0.39, 0.29) is 6.61 Å². The highest BCUT2D eigenvalue weighted by Crippen LogP contribution is 2.52. The molecule has 152 valence electrons. The lowest BCUT2D eigenvalue weighted by Gasteiger charge is -2.55. The molecule has 2 aliphatic heterocycles. The predicted octanol–water partition coefficient (Wildman–Crippen LogP) is 3.56. The normalized spacial score (nSPS) is 24.8. The average Bonchev–Trinajstić information content (AvgIpc) is 2.67. The lowest BCUT2D eigenvalue weighted by Crippen LogP contribution is -2.71. The summed E-state index contributed by atoms with van der Waals surface area (Å²) in [6.45, 7) is 3.74. The van der Waals surface area contributed by atoms with Gasteiger partial charge in [-0.3, -0.25) is 9.69 Å². The van der Waals surface area contributed by atoms with Crippen LogP contribution in [0.2, 0.25) is 0 Å². The largest absolute Gasteiger partial charge is 0.493 e. The first-order chi connectivity index (χ1) is 13.9. The molecule has 2 aromatic carbocycles. The first-order valence-corrected chi connectivity index (χ1v) is 9.70. The van der Waals surface area contributed by atoms with Crippen LogP contribution in [0, 0.1) is 11.7 Å². The van der Waals surface area contributed by atoms with Crippen molar-refractivity contribution in [3.8, 4) is 11.5 Å². The molecule has 0 unspecified atom stereocenters. The Morgan fingerprint density at radius 1 is 1.34 bits per heavy atom. The Labute approximate surface area is 173 Å². The number of esters is 1. The number of rotatable bonds is 4. The minimum atomic E-state index is -1.26. The van der Waals surface area contributed by atoms with Crippen LogP contribution < -0.4 is 19.7 Å². The summed E-state index contributed by atoms with van der Waals surface area (Å²) in [6, 6.07) is 11.0. The molecular weight excluding hydrogens is 395 g/mol. The van der Waals surface area contributed by atoms with Crippen LogP contribution in [0.1, 0.15) is 25.5 Å². The van der Waals surface area contributed by atoms with Crippen LogP contribution in [0.5, 0.6) is 11.5 Å². The van der Waals surface area contributed by atoms with E-state index in [1.807, 2.05) is 12.1 Å². The van der Waals surface area contributed by atoms with Crippen molar-refractivity contribution in [3.63, 3.8) is 0 Å². The summed E-state index contributed by atoms with van der Waals surface area (Å²) < 4.78 is 31.2. The summed E-state index contributed by atoms with van der Waals surface area (Å²) in [4.78, 5) is 14.6. The molecular formula is C21H21FN2O4S. The molecule has 6 nitrogen and oxygen atoms in total. The Morgan fingerprint density at radius 2 is 2.10 bits per heavy atom. The fraction of sp³-hybridized carbons (Fsp3) is 0.333. The number of methoxy groups -OCH3 is 1. The lowest BCUT2D eigenvalue weighted by molar-refractivity contribution is -0.159. The van der Waals surface area contributed by atoms with E-state index in [2.05, 4.69) is 5.32 Å². The number of thiocarbonyl (C=S) groups is 1. The third kappa shape index (κ3) is 2.98. The monoisotopic (exact) mass is 416 g/mol. The van der Waals surface area contributed by atoms with Gasteiger partial charge in [-0.15, -0.1) is 0 Å². The first-order valence-electron chi connectivity index (χ1n) is 9.29. The highest BCUT2D eigenvalue weighted by Gasteiger charge is 2.60. The Bertz CT molecular complexity index is 985. The van der Waals surface area contributed by atoms with Crippen LogP contribution in [-0.4, -0.2) is 30.5 Å². The van der Waals surface area contributed by atoms with Gasteiger partial charge < -0.3 is 19.5 Å². The molecule has 29 heavy (non-hydrogen) atoms. The van der Waals surface area contributed by atoms with Crippen molar-refractivity contribution >= 4 is 29.0 Å². The summed E-state index contributed by atoms with van der Waals surface area (Å²) in [5.74, 6) is -0.548. The van der Waals surface area contributed by atoms with E-state index in [4.69, 9.17) is 26.4 Å². The number of benzene rings is 2. The highest BCUT2D eigenvalue weighted by atomic mass is 32.1. The quantitative estimate of drug-likeness (QED) is 0.604. The standard InChI is InChI=1S/C21H21FN2O4S/c1-4-27-19(25)16-17-14-9-6-10-15(26-3)18(14)28-21(16,2)24(20(29)23-17)13-8-5-7-12(22)11-13/h5-11,16-17H,4H2,1-3H3,(H,23,29)/t16-,17+,21+/m1/s1. The van der Waals surface area contributed by atoms with Gasteiger partial charge in [-0.2, -0.15) is 0 Å². The van der Waals surface area contributed by atoms with Gasteiger partial charge in [0.25, 0.3) is 0 Å². The number of fused-ring (bicyclic) bond motifs is 4. The molecule has 1 N–H and O–H groups in total. The average molecular weight is 416 g/mol. The molecule has 0 aromatic heterocycles. The van der Waals surface area contributed by atoms with E-state index in [0.29, 0.717) is 22.3 Å². The van der Waals surface area contributed by atoms with Crippen molar-refractivity contribution in [2.75, 3.05) is 18.6 Å². The number of ether oxygens (including phenoxy) is 3. The van der Waals surface area contributed by atoms with E-state index < -0.39 is 29.5 Å². The first kappa shape index (κ1) is 19.4. The third-order valence-corrected chi connectivity index (χ3v) is 5.62. The predicted molar refractivity (Wildman–Crippen MR) is 110 cm³/mol. The van der Waals surface area contributed by atoms with Gasteiger partial charge in [0.1, 0.15) is 11.7 Å². The fourth-order valence-electron chi connectivity index (χ4n) is 4.13. The SMILES string of the molecule is CCOC(=O)[C@H]1[C@H]2NC(=S)N(c3cccc(F)c3)[C@@]1(C)Oc1c(OC)cccc12. The zero-order valence-corrected chi connectivity index (χ0v) is 17.1. The molecule has 2 aromatic rings. The van der Waals surface area contributed by atoms with Crippen LogP contribution >= 0.6 is 12.2 Å². The molecule has 2 heterocycles. The minimum Gasteiger partial charge on any atom is -0.493 e. The molecule has 2 aliphatic rings. The lowest BCUT2D eigenvalue weighted by atomic mass is 9.79. The number of anilines is 1. The van der Waals surface area contributed by atoms with Gasteiger partial charge in [-0.05, 0) is 50.3 Å². The maximum absolute atomic E-state index is 14.0. The second-order valence-corrected chi connectivity index (χ2v) is 7.39. The number of hydrogen-bond acceptors (Lipinski definition) is 5. The van der Waals surface area contributed by atoms with Gasteiger partial charge in [0, 0.05) is 11.3 Å². The fourth-order valence-corrected chi connectivity index (χ4v) is 4.54. The van der Waals surface area contributed by atoms with Crippen molar-refractivity contribution < 1.29 is 23.4 Å². The zero-order valence-electron chi connectivity index (χ0n) is 16.3. The number of hydrogen-bond donors (Lipinski definition) is 1. The Kier molecular flexibility index (Phi) is 4.82. The Morgan fingerprint density at radius 3 is 2.79 bits per heavy atom. The topological polar surface area (TPSA) is 60.0 Å². The summed E-state index contributed by atoms with van der Waals surface area (Å²) >= 11 is 5.60. The second kappa shape index (κ2) is 7.18. The molecule has 0 amide bonds. The highest BCUT2D eigenvalue weighted by molar-refractivity contribution is 7.80. The minimum absolute atomic E-state index is 0.230. The summed E-state index contributed by atoms with van der Waals surface area (Å²) in [7, 11) is 1.55. The molecule has 0 aliphatic carbocycles. The van der Waals surface area contributed by atoms with Crippen LogP contribution in [0.15, 0.2) is 42.5 Å². The van der Waals surface area contributed by atoms with Gasteiger partial charge >= 0.3 is 5.97 Å². The zero-order chi connectivity index (χ0) is 20.8. The van der Waals surface area contributed by atoms with E-state index in [9.17, 15) is 9.18 Å². The molecule has 2 bridgehead atoms. The Hall–Kier alpha value is -2.87. The molecule has 1 fully saturated rings. The van der Waals surface area contributed by atoms with E-state index in [0.717, 1.165) is 5.56 Å². The van der Waals surface area contributed by atoms with Gasteiger partial charge in [0.15, 0.2) is 16.6 Å².